The van der Waals surface area contributed by atoms with Gasteiger partial charge in [-0.25, -0.2) is 0 Å². The van der Waals surface area contributed by atoms with Crippen molar-refractivity contribution in [2.24, 2.45) is 5.92 Å². The summed E-state index contributed by atoms with van der Waals surface area (Å²) in [5.74, 6) is 0.516. The van der Waals surface area contributed by atoms with E-state index in [-0.39, 0.29) is 24.4 Å². The van der Waals surface area contributed by atoms with Crippen molar-refractivity contribution in [2.45, 2.75) is 55.9 Å². The van der Waals surface area contributed by atoms with Gasteiger partial charge in [-0.05, 0) is 44.8 Å². The lowest BCUT2D eigenvalue weighted by Gasteiger charge is -2.44. The minimum atomic E-state index is -0.638. The third-order valence-corrected chi connectivity index (χ3v) is 6.09. The normalized spacial score (nSPS) is 39.6. The van der Waals surface area contributed by atoms with E-state index in [1.165, 1.54) is 6.42 Å². The van der Waals surface area contributed by atoms with Crippen molar-refractivity contribution >= 4 is 23.6 Å². The molecule has 1 saturated heterocycles. The van der Waals surface area contributed by atoms with Gasteiger partial charge in [-0.1, -0.05) is 6.42 Å². The number of rotatable bonds is 3. The fraction of sp³-hybridized carbons (Fsp3) is 0.857. The summed E-state index contributed by atoms with van der Waals surface area (Å²) in [6, 6.07) is 0.256. The number of hydrogen-bond acceptors (Lipinski definition) is 3. The predicted octanol–water partition coefficient (Wildman–Crippen LogP) is 1.40. The molecule has 3 aliphatic rings. The van der Waals surface area contributed by atoms with Crippen LogP contribution in [0.5, 0.6) is 0 Å². The fourth-order valence-electron chi connectivity index (χ4n) is 3.65. The minimum Gasteiger partial charge on any atom is -0.340 e. The number of nitrogens with zero attached hydrogens (tertiary/aromatic N) is 1. The van der Waals surface area contributed by atoms with E-state index >= 15 is 0 Å². The highest BCUT2D eigenvalue weighted by atomic mass is 32.2. The minimum absolute atomic E-state index is 0.0146. The fourth-order valence-corrected chi connectivity index (χ4v) is 4.65. The Labute approximate surface area is 118 Å². The summed E-state index contributed by atoms with van der Waals surface area (Å²) < 4.78 is 0. The molecule has 0 radical (unpaired) electrons. The summed E-state index contributed by atoms with van der Waals surface area (Å²) in [6.45, 7) is 2.17. The number of nitrogens with one attached hydrogen (secondary N) is 1. The quantitative estimate of drug-likeness (QED) is 0.851. The first-order valence-corrected chi connectivity index (χ1v) is 8.50. The van der Waals surface area contributed by atoms with Gasteiger partial charge in [0.15, 0.2) is 0 Å². The van der Waals surface area contributed by atoms with Crippen molar-refractivity contribution in [2.75, 3.05) is 12.8 Å². The Bertz CT molecular complexity index is 410. The van der Waals surface area contributed by atoms with Crippen LogP contribution in [0.1, 0.15) is 39.0 Å². The highest BCUT2D eigenvalue weighted by Gasteiger charge is 2.54. The first kappa shape index (κ1) is 13.3. The molecule has 1 aliphatic heterocycles. The summed E-state index contributed by atoms with van der Waals surface area (Å²) in [5.41, 5.74) is -0.638. The van der Waals surface area contributed by atoms with Gasteiger partial charge in [0.05, 0.1) is 6.54 Å². The molecule has 4 nitrogen and oxygen atoms in total. The number of amides is 2. The molecule has 2 aliphatic carbocycles. The third kappa shape index (κ3) is 2.16. The average Bonchev–Trinajstić information content (AvgIpc) is 3.13. The van der Waals surface area contributed by atoms with Crippen LogP contribution in [0.15, 0.2) is 0 Å². The van der Waals surface area contributed by atoms with Crippen LogP contribution < -0.4 is 5.32 Å². The highest BCUT2D eigenvalue weighted by Crippen LogP contribution is 2.43. The molecular weight excluding hydrogens is 260 g/mol. The van der Waals surface area contributed by atoms with E-state index in [0.717, 1.165) is 25.7 Å². The molecule has 3 fully saturated rings. The van der Waals surface area contributed by atoms with E-state index in [4.69, 9.17) is 0 Å². The van der Waals surface area contributed by atoms with Gasteiger partial charge in [0, 0.05) is 11.3 Å². The van der Waals surface area contributed by atoms with Gasteiger partial charge in [0.1, 0.15) is 5.54 Å². The van der Waals surface area contributed by atoms with Gasteiger partial charge in [-0.3, -0.25) is 9.59 Å². The molecular formula is C14H22N2O2S. The Morgan fingerprint density at radius 2 is 2.00 bits per heavy atom. The standard InChI is InChI=1S/C14H22N2O2S/c1-14(9-6-7-9)13(18)16(8-12(17)15-14)10-4-3-5-11(10)19-2/h9-11H,3-8H2,1-2H3,(H,15,17). The van der Waals surface area contributed by atoms with E-state index in [1.54, 1.807) is 0 Å². The van der Waals surface area contributed by atoms with Crippen LogP contribution in [0, 0.1) is 5.92 Å². The van der Waals surface area contributed by atoms with E-state index in [2.05, 4.69) is 11.6 Å². The first-order chi connectivity index (χ1) is 9.06. The lowest BCUT2D eigenvalue weighted by Crippen LogP contribution is -2.68. The molecule has 2 amide bonds. The van der Waals surface area contributed by atoms with Gasteiger partial charge < -0.3 is 10.2 Å². The molecule has 19 heavy (non-hydrogen) atoms. The summed E-state index contributed by atoms with van der Waals surface area (Å²) in [6.07, 6.45) is 7.61. The van der Waals surface area contributed by atoms with Crippen molar-refractivity contribution in [3.05, 3.63) is 0 Å². The Kier molecular flexibility index (Phi) is 3.28. The maximum Gasteiger partial charge on any atom is 0.249 e. The van der Waals surface area contributed by atoms with E-state index < -0.39 is 5.54 Å². The van der Waals surface area contributed by atoms with Crippen molar-refractivity contribution in [1.82, 2.24) is 10.2 Å². The van der Waals surface area contributed by atoms with Crippen LogP contribution in [-0.2, 0) is 9.59 Å². The molecule has 0 aromatic rings. The van der Waals surface area contributed by atoms with Crippen LogP contribution in [0.2, 0.25) is 0 Å². The molecule has 3 rings (SSSR count). The Morgan fingerprint density at radius 3 is 2.63 bits per heavy atom. The number of thioether (sulfide) groups is 1. The molecule has 1 heterocycles. The maximum atomic E-state index is 12.8. The number of carbonyl (C=O) groups excluding carboxylic acids is 2. The van der Waals surface area contributed by atoms with Crippen LogP contribution in [0.25, 0.3) is 0 Å². The van der Waals surface area contributed by atoms with Crippen LogP contribution in [-0.4, -0.2) is 46.3 Å². The van der Waals surface area contributed by atoms with Crippen molar-refractivity contribution < 1.29 is 9.59 Å². The molecule has 106 valence electrons. The first-order valence-electron chi connectivity index (χ1n) is 7.21. The van der Waals surface area contributed by atoms with E-state index in [1.807, 2.05) is 23.6 Å². The summed E-state index contributed by atoms with van der Waals surface area (Å²) >= 11 is 1.84. The second kappa shape index (κ2) is 4.69. The molecule has 0 aromatic carbocycles. The average molecular weight is 282 g/mol. The largest absolute Gasteiger partial charge is 0.340 e. The van der Waals surface area contributed by atoms with Crippen molar-refractivity contribution in [1.29, 1.82) is 0 Å². The lowest BCUT2D eigenvalue weighted by atomic mass is 9.90. The lowest BCUT2D eigenvalue weighted by molar-refractivity contribution is -0.152. The molecule has 0 bridgehead atoms. The van der Waals surface area contributed by atoms with Crippen LogP contribution in [0.4, 0.5) is 0 Å². The molecule has 2 saturated carbocycles. The zero-order chi connectivity index (χ0) is 13.6. The topological polar surface area (TPSA) is 49.4 Å². The Morgan fingerprint density at radius 1 is 1.26 bits per heavy atom. The molecule has 5 heteroatoms. The molecule has 0 spiro atoms. The summed E-state index contributed by atoms with van der Waals surface area (Å²) in [5, 5.41) is 3.45. The van der Waals surface area contributed by atoms with Gasteiger partial charge >= 0.3 is 0 Å². The second-order valence-electron chi connectivity index (χ2n) is 6.23. The van der Waals surface area contributed by atoms with Crippen LogP contribution >= 0.6 is 11.8 Å². The number of hydrogen-bond donors (Lipinski definition) is 1. The van der Waals surface area contributed by atoms with E-state index in [9.17, 15) is 9.59 Å². The number of piperazine rings is 1. The van der Waals surface area contributed by atoms with Crippen LogP contribution in [0.3, 0.4) is 0 Å². The number of carbonyl (C=O) groups is 2. The highest BCUT2D eigenvalue weighted by molar-refractivity contribution is 7.99. The van der Waals surface area contributed by atoms with Gasteiger partial charge in [0.25, 0.3) is 0 Å². The maximum absolute atomic E-state index is 12.8. The molecule has 3 unspecified atom stereocenters. The Balaban J connectivity index is 1.84. The molecule has 0 aromatic heterocycles. The SMILES string of the molecule is CSC1CCCC1N1CC(=O)NC(C)(C2CC2)C1=O. The Hall–Kier alpha value is -0.710. The smallest absolute Gasteiger partial charge is 0.249 e. The van der Waals surface area contributed by atoms with Gasteiger partial charge in [0.2, 0.25) is 11.8 Å². The van der Waals surface area contributed by atoms with Crippen molar-refractivity contribution in [3.63, 3.8) is 0 Å². The molecule has 3 atom stereocenters. The zero-order valence-electron chi connectivity index (χ0n) is 11.6. The van der Waals surface area contributed by atoms with Crippen molar-refractivity contribution in [3.8, 4) is 0 Å². The summed E-state index contributed by atoms with van der Waals surface area (Å²) in [4.78, 5) is 26.7. The van der Waals surface area contributed by atoms with Gasteiger partial charge in [-0.15, -0.1) is 0 Å². The van der Waals surface area contributed by atoms with E-state index in [0.29, 0.717) is 11.2 Å². The second-order valence-corrected chi connectivity index (χ2v) is 7.31. The predicted molar refractivity (Wildman–Crippen MR) is 75.9 cm³/mol. The van der Waals surface area contributed by atoms with Gasteiger partial charge in [-0.2, -0.15) is 11.8 Å². The summed E-state index contributed by atoms with van der Waals surface area (Å²) in [7, 11) is 0. The monoisotopic (exact) mass is 282 g/mol. The molecule has 1 N–H and O–H groups in total. The zero-order valence-corrected chi connectivity index (χ0v) is 12.5. The third-order valence-electron chi connectivity index (χ3n) is 4.93.